The van der Waals surface area contributed by atoms with E-state index in [2.05, 4.69) is 5.32 Å². The predicted molar refractivity (Wildman–Crippen MR) is 120 cm³/mol. The highest BCUT2D eigenvalue weighted by molar-refractivity contribution is 6.62. The van der Waals surface area contributed by atoms with E-state index < -0.39 is 18.8 Å². The fraction of sp³-hybridized carbons (Fsp3) is 0.652. The summed E-state index contributed by atoms with van der Waals surface area (Å²) >= 11 is 0. The van der Waals surface area contributed by atoms with Crippen LogP contribution in [0.15, 0.2) is 24.3 Å². The molecule has 3 rings (SSSR count). The third kappa shape index (κ3) is 5.80. The zero-order chi connectivity index (χ0) is 23.0. The third-order valence-electron chi connectivity index (χ3n) is 6.12. The zero-order valence-electron chi connectivity index (χ0n) is 19.8. The molecule has 2 amide bonds. The van der Waals surface area contributed by atoms with Gasteiger partial charge in [-0.25, -0.2) is 4.79 Å². The average Bonchev–Trinajstić information content (AvgIpc) is 3.16. The van der Waals surface area contributed by atoms with E-state index in [1.54, 1.807) is 4.90 Å². The van der Waals surface area contributed by atoms with Gasteiger partial charge in [-0.2, -0.15) is 0 Å². The van der Waals surface area contributed by atoms with E-state index >= 15 is 0 Å². The highest BCUT2D eigenvalue weighted by Gasteiger charge is 2.51. The normalized spacial score (nSPS) is 22.5. The molecule has 0 unspecified atom stereocenters. The van der Waals surface area contributed by atoms with Crippen LogP contribution in [0.4, 0.5) is 4.79 Å². The Bertz CT molecular complexity index is 800. The van der Waals surface area contributed by atoms with Gasteiger partial charge in [0.1, 0.15) is 5.60 Å². The first kappa shape index (κ1) is 23.6. The molecule has 170 valence electrons. The minimum atomic E-state index is -0.537. The van der Waals surface area contributed by atoms with Crippen LogP contribution in [0, 0.1) is 0 Å². The molecule has 2 fully saturated rings. The lowest BCUT2D eigenvalue weighted by Gasteiger charge is -2.32. The summed E-state index contributed by atoms with van der Waals surface area (Å²) in [5.41, 5.74) is 0.578. The fourth-order valence-corrected chi connectivity index (χ4v) is 3.64. The van der Waals surface area contributed by atoms with E-state index in [-0.39, 0.29) is 23.2 Å². The first-order valence-corrected chi connectivity index (χ1v) is 11.0. The van der Waals surface area contributed by atoms with Crippen molar-refractivity contribution in [2.45, 2.75) is 84.2 Å². The quantitative estimate of drug-likeness (QED) is 0.744. The summed E-state index contributed by atoms with van der Waals surface area (Å²) in [6, 6.07) is 7.74. The molecule has 1 N–H and O–H groups in total. The van der Waals surface area contributed by atoms with Crippen molar-refractivity contribution in [3.63, 3.8) is 0 Å². The van der Waals surface area contributed by atoms with Gasteiger partial charge in [0.25, 0.3) is 0 Å². The lowest BCUT2D eigenvalue weighted by Crippen LogP contribution is -2.41. The Morgan fingerprint density at radius 1 is 1.13 bits per heavy atom. The molecule has 0 spiro atoms. The first-order chi connectivity index (χ1) is 14.3. The van der Waals surface area contributed by atoms with Gasteiger partial charge >= 0.3 is 13.2 Å². The van der Waals surface area contributed by atoms with E-state index in [0.717, 1.165) is 17.4 Å². The predicted octanol–water partition coefficient (Wildman–Crippen LogP) is 2.65. The van der Waals surface area contributed by atoms with Crippen LogP contribution >= 0.6 is 0 Å². The summed E-state index contributed by atoms with van der Waals surface area (Å²) in [4.78, 5) is 26.5. The number of rotatable bonds is 4. The van der Waals surface area contributed by atoms with Gasteiger partial charge < -0.3 is 24.3 Å². The standard InChI is InChI=1S/C23H35BN2O5/c1-21(2,3)29-20(28)25-18-12-13-26(15-18)19(27)14-16-8-10-17(11-9-16)24-30-22(4,5)23(6,7)31-24/h8-11,18H,12-15H2,1-7H3,(H,25,28)/t18-/m0/s1. The Morgan fingerprint density at radius 2 is 1.71 bits per heavy atom. The van der Waals surface area contributed by atoms with Crippen LogP contribution in [-0.4, -0.2) is 60.0 Å². The molecule has 1 aromatic rings. The van der Waals surface area contributed by atoms with Crippen LogP contribution in [0.2, 0.25) is 0 Å². The molecule has 1 atom stereocenters. The number of ether oxygens (including phenoxy) is 1. The highest BCUT2D eigenvalue weighted by atomic mass is 16.7. The Morgan fingerprint density at radius 3 is 2.26 bits per heavy atom. The number of nitrogens with one attached hydrogen (secondary N) is 1. The van der Waals surface area contributed by atoms with Crippen LogP contribution in [0.3, 0.4) is 0 Å². The number of amides is 2. The van der Waals surface area contributed by atoms with Gasteiger partial charge in [-0.05, 0) is 65.9 Å². The van der Waals surface area contributed by atoms with Crippen molar-refractivity contribution in [3.8, 4) is 0 Å². The van der Waals surface area contributed by atoms with Crippen molar-refractivity contribution in [1.82, 2.24) is 10.2 Å². The van der Waals surface area contributed by atoms with Crippen molar-refractivity contribution in [2.75, 3.05) is 13.1 Å². The van der Waals surface area contributed by atoms with Crippen molar-refractivity contribution in [1.29, 1.82) is 0 Å². The highest BCUT2D eigenvalue weighted by Crippen LogP contribution is 2.36. The molecule has 2 aliphatic rings. The second-order valence-corrected chi connectivity index (χ2v) is 10.5. The summed E-state index contributed by atoms with van der Waals surface area (Å²) in [5, 5.41) is 2.85. The molecule has 0 saturated carbocycles. The van der Waals surface area contributed by atoms with Crippen LogP contribution in [-0.2, 0) is 25.3 Å². The lowest BCUT2D eigenvalue weighted by molar-refractivity contribution is -0.129. The van der Waals surface area contributed by atoms with Gasteiger partial charge in [0.2, 0.25) is 5.91 Å². The maximum absolute atomic E-state index is 12.7. The maximum atomic E-state index is 12.7. The molecule has 0 bridgehead atoms. The maximum Gasteiger partial charge on any atom is 0.494 e. The second kappa shape index (κ2) is 8.47. The van der Waals surface area contributed by atoms with Gasteiger partial charge in [-0.3, -0.25) is 4.79 Å². The second-order valence-electron chi connectivity index (χ2n) is 10.5. The van der Waals surface area contributed by atoms with E-state index in [1.165, 1.54) is 0 Å². The van der Waals surface area contributed by atoms with E-state index in [0.29, 0.717) is 19.5 Å². The number of carbonyl (C=O) groups excluding carboxylic acids is 2. The number of hydrogen-bond acceptors (Lipinski definition) is 5. The number of alkyl carbamates (subject to hydrolysis) is 1. The number of hydrogen-bond donors (Lipinski definition) is 1. The van der Waals surface area contributed by atoms with Gasteiger partial charge in [-0.1, -0.05) is 24.3 Å². The lowest BCUT2D eigenvalue weighted by atomic mass is 9.79. The van der Waals surface area contributed by atoms with Crippen molar-refractivity contribution in [3.05, 3.63) is 29.8 Å². The molecule has 8 heteroatoms. The Balaban J connectivity index is 1.51. The van der Waals surface area contributed by atoms with E-state index in [4.69, 9.17) is 14.0 Å². The molecule has 0 aromatic heterocycles. The topological polar surface area (TPSA) is 77.1 Å². The summed E-state index contributed by atoms with van der Waals surface area (Å²) in [6.45, 7) is 14.7. The summed E-state index contributed by atoms with van der Waals surface area (Å²) < 4.78 is 17.5. The van der Waals surface area contributed by atoms with Gasteiger partial charge in [0.15, 0.2) is 0 Å². The zero-order valence-corrected chi connectivity index (χ0v) is 19.8. The summed E-state index contributed by atoms with van der Waals surface area (Å²) in [5.74, 6) is 0.0527. The Labute approximate surface area is 185 Å². The molecule has 2 aliphatic heterocycles. The van der Waals surface area contributed by atoms with Gasteiger partial charge in [0, 0.05) is 13.1 Å². The molecule has 2 heterocycles. The monoisotopic (exact) mass is 430 g/mol. The third-order valence-corrected chi connectivity index (χ3v) is 6.12. The summed E-state index contributed by atoms with van der Waals surface area (Å²) in [7, 11) is -0.409. The molecule has 0 radical (unpaired) electrons. The Kier molecular flexibility index (Phi) is 6.45. The smallest absolute Gasteiger partial charge is 0.444 e. The number of nitrogens with zero attached hydrogens (tertiary/aromatic N) is 1. The molecule has 2 saturated heterocycles. The van der Waals surface area contributed by atoms with Crippen molar-refractivity contribution < 1.29 is 23.6 Å². The van der Waals surface area contributed by atoms with Gasteiger partial charge in [-0.15, -0.1) is 0 Å². The molecular weight excluding hydrogens is 395 g/mol. The van der Waals surface area contributed by atoms with E-state index in [1.807, 2.05) is 72.7 Å². The minimum absolute atomic E-state index is 0.0527. The van der Waals surface area contributed by atoms with E-state index in [9.17, 15) is 9.59 Å². The van der Waals surface area contributed by atoms with Crippen LogP contribution in [0.1, 0.15) is 60.5 Å². The molecular formula is C23H35BN2O5. The fourth-order valence-electron chi connectivity index (χ4n) is 3.64. The van der Waals surface area contributed by atoms with Crippen LogP contribution in [0.25, 0.3) is 0 Å². The van der Waals surface area contributed by atoms with Crippen molar-refractivity contribution >= 4 is 24.6 Å². The minimum Gasteiger partial charge on any atom is -0.444 e. The number of benzene rings is 1. The largest absolute Gasteiger partial charge is 0.494 e. The van der Waals surface area contributed by atoms with Crippen LogP contribution < -0.4 is 10.8 Å². The van der Waals surface area contributed by atoms with Crippen molar-refractivity contribution in [2.24, 2.45) is 0 Å². The molecule has 31 heavy (non-hydrogen) atoms. The summed E-state index contributed by atoms with van der Waals surface area (Å²) in [6.07, 6.45) is 0.611. The SMILES string of the molecule is CC(C)(C)OC(=O)N[C@H]1CCN(C(=O)Cc2ccc(B3OC(C)(C)C(C)(C)O3)cc2)C1. The average molecular weight is 430 g/mol. The number of carbonyl (C=O) groups is 2. The van der Waals surface area contributed by atoms with Gasteiger partial charge in [0.05, 0.1) is 23.7 Å². The Hall–Kier alpha value is -2.06. The van der Waals surface area contributed by atoms with Crippen LogP contribution in [0.5, 0.6) is 0 Å². The number of likely N-dealkylation sites (tertiary alicyclic amines) is 1. The first-order valence-electron chi connectivity index (χ1n) is 11.0. The molecule has 7 nitrogen and oxygen atoms in total. The molecule has 1 aromatic carbocycles. The molecule has 0 aliphatic carbocycles.